The summed E-state index contributed by atoms with van der Waals surface area (Å²) >= 11 is 0. The van der Waals surface area contributed by atoms with Gasteiger partial charge in [0.2, 0.25) is 5.95 Å². The third-order valence-corrected chi connectivity index (χ3v) is 7.55. The smallest absolute Gasteiger partial charge is 0.225 e. The van der Waals surface area contributed by atoms with E-state index in [0.717, 1.165) is 82.0 Å². The number of aromatic nitrogens is 4. The largest absolute Gasteiger partial charge is 0.353 e. The summed E-state index contributed by atoms with van der Waals surface area (Å²) in [6, 6.07) is 10.5. The SMILES string of the molecule is c1ccc(Cc2cnc(N3CCN(c4ncnc5c4CN(CC4CCNCC4)C5)CC3)nc2)cc1. The molecule has 1 N–H and O–H groups in total. The molecule has 2 saturated heterocycles. The summed E-state index contributed by atoms with van der Waals surface area (Å²) < 4.78 is 0. The van der Waals surface area contributed by atoms with Crippen LogP contribution in [-0.2, 0) is 19.5 Å². The second-order valence-electron chi connectivity index (χ2n) is 10.0. The van der Waals surface area contributed by atoms with Gasteiger partial charge in [-0.15, -0.1) is 0 Å². The number of nitrogens with one attached hydrogen (secondary N) is 1. The van der Waals surface area contributed by atoms with Crippen LogP contribution in [0.15, 0.2) is 49.1 Å². The van der Waals surface area contributed by atoms with Gasteiger partial charge in [-0.05, 0) is 43.0 Å². The van der Waals surface area contributed by atoms with Crippen LogP contribution in [0.4, 0.5) is 11.8 Å². The predicted octanol–water partition coefficient (Wildman–Crippen LogP) is 2.50. The van der Waals surface area contributed by atoms with E-state index in [1.807, 2.05) is 18.5 Å². The van der Waals surface area contributed by atoms with E-state index in [1.54, 1.807) is 6.33 Å². The average Bonchev–Trinajstić information content (AvgIpc) is 3.33. The number of rotatable bonds is 6. The minimum atomic E-state index is 0.796. The fraction of sp³-hybridized carbons (Fsp3) is 0.481. The number of piperidine rings is 1. The Morgan fingerprint density at radius 1 is 0.800 bits per heavy atom. The molecule has 0 saturated carbocycles. The Morgan fingerprint density at radius 3 is 2.31 bits per heavy atom. The van der Waals surface area contributed by atoms with Gasteiger partial charge in [-0.2, -0.15) is 0 Å². The van der Waals surface area contributed by atoms with Gasteiger partial charge in [0, 0.05) is 70.2 Å². The molecule has 0 unspecified atom stereocenters. The van der Waals surface area contributed by atoms with E-state index in [1.165, 1.54) is 36.2 Å². The lowest BCUT2D eigenvalue weighted by Gasteiger charge is -2.36. The van der Waals surface area contributed by atoms with Gasteiger partial charge in [0.25, 0.3) is 0 Å². The molecule has 0 amide bonds. The maximum absolute atomic E-state index is 4.73. The van der Waals surface area contributed by atoms with Gasteiger partial charge in [-0.3, -0.25) is 4.90 Å². The molecule has 2 aromatic heterocycles. The summed E-state index contributed by atoms with van der Waals surface area (Å²) in [6.07, 6.45) is 9.11. The van der Waals surface area contributed by atoms with Crippen LogP contribution < -0.4 is 15.1 Å². The van der Waals surface area contributed by atoms with E-state index in [0.29, 0.717) is 0 Å². The quantitative estimate of drug-likeness (QED) is 0.589. The van der Waals surface area contributed by atoms with Crippen LogP contribution >= 0.6 is 0 Å². The fourth-order valence-electron chi connectivity index (χ4n) is 5.61. The van der Waals surface area contributed by atoms with E-state index < -0.39 is 0 Å². The first-order valence-corrected chi connectivity index (χ1v) is 12.9. The summed E-state index contributed by atoms with van der Waals surface area (Å²) in [4.78, 5) is 26.0. The third kappa shape index (κ3) is 5.13. The normalized spacial score (nSPS) is 19.2. The zero-order chi connectivity index (χ0) is 23.5. The van der Waals surface area contributed by atoms with Crippen molar-refractivity contribution in [1.82, 2.24) is 30.2 Å². The lowest BCUT2D eigenvalue weighted by molar-refractivity contribution is 0.207. The highest BCUT2D eigenvalue weighted by Gasteiger charge is 2.29. The number of benzene rings is 1. The summed E-state index contributed by atoms with van der Waals surface area (Å²) in [5.74, 6) is 2.74. The first kappa shape index (κ1) is 22.4. The minimum Gasteiger partial charge on any atom is -0.353 e. The van der Waals surface area contributed by atoms with Crippen molar-refractivity contribution >= 4 is 11.8 Å². The van der Waals surface area contributed by atoms with Gasteiger partial charge >= 0.3 is 0 Å². The molecule has 3 aliphatic heterocycles. The molecule has 0 aliphatic carbocycles. The Bertz CT molecular complexity index is 1110. The molecule has 3 aromatic rings. The Hall–Kier alpha value is -3.10. The van der Waals surface area contributed by atoms with Crippen LogP contribution in [0.2, 0.25) is 0 Å². The van der Waals surface area contributed by atoms with E-state index >= 15 is 0 Å². The third-order valence-electron chi connectivity index (χ3n) is 7.55. The number of anilines is 2. The molecule has 0 spiro atoms. The van der Waals surface area contributed by atoms with E-state index in [4.69, 9.17) is 4.98 Å². The summed E-state index contributed by atoms with van der Waals surface area (Å²) in [7, 11) is 0. The molecule has 5 heterocycles. The first-order valence-electron chi connectivity index (χ1n) is 12.9. The number of fused-ring (bicyclic) bond motifs is 1. The summed E-state index contributed by atoms with van der Waals surface area (Å²) in [6.45, 7) is 9.05. The summed E-state index contributed by atoms with van der Waals surface area (Å²) in [5.41, 5.74) is 4.97. The second-order valence-corrected chi connectivity index (χ2v) is 10.0. The molecule has 6 rings (SSSR count). The molecule has 2 fully saturated rings. The molecular formula is C27H34N8. The predicted molar refractivity (Wildman–Crippen MR) is 137 cm³/mol. The van der Waals surface area contributed by atoms with Crippen LogP contribution in [0.1, 0.15) is 35.2 Å². The molecule has 3 aliphatic rings. The van der Waals surface area contributed by atoms with Gasteiger partial charge in [0.05, 0.1) is 5.69 Å². The van der Waals surface area contributed by atoms with Crippen molar-refractivity contribution in [2.45, 2.75) is 32.4 Å². The molecule has 0 atom stereocenters. The van der Waals surface area contributed by atoms with Gasteiger partial charge in [0.1, 0.15) is 12.1 Å². The van der Waals surface area contributed by atoms with Crippen molar-refractivity contribution in [3.63, 3.8) is 0 Å². The van der Waals surface area contributed by atoms with Crippen molar-refractivity contribution in [3.05, 3.63) is 71.4 Å². The minimum absolute atomic E-state index is 0.796. The molecule has 8 heteroatoms. The van der Waals surface area contributed by atoms with E-state index in [-0.39, 0.29) is 0 Å². The van der Waals surface area contributed by atoms with Crippen LogP contribution in [-0.4, -0.2) is 70.6 Å². The van der Waals surface area contributed by atoms with E-state index in [2.05, 4.69) is 59.2 Å². The first-order chi connectivity index (χ1) is 17.3. The molecule has 8 nitrogen and oxygen atoms in total. The molecule has 1 aromatic carbocycles. The van der Waals surface area contributed by atoms with Gasteiger partial charge in [-0.1, -0.05) is 30.3 Å². The maximum atomic E-state index is 4.73. The zero-order valence-electron chi connectivity index (χ0n) is 20.3. The Labute approximate surface area is 207 Å². The standard InChI is InChI=1S/C27H34N8/c1-2-4-21(5-3-1)14-23-15-29-27(30-16-23)35-12-10-34(11-13-35)26-24-18-33(19-25(24)31-20-32-26)17-22-6-8-28-9-7-22/h1-5,15-16,20,22,28H,6-14,17-19H2. The highest BCUT2D eigenvalue weighted by Crippen LogP contribution is 2.30. The van der Waals surface area contributed by atoms with Crippen molar-refractivity contribution in [2.75, 3.05) is 55.6 Å². The highest BCUT2D eigenvalue weighted by molar-refractivity contribution is 5.51. The van der Waals surface area contributed by atoms with Gasteiger partial charge in [0.15, 0.2) is 0 Å². The Morgan fingerprint density at radius 2 is 1.54 bits per heavy atom. The van der Waals surface area contributed by atoms with Crippen molar-refractivity contribution in [2.24, 2.45) is 5.92 Å². The molecular weight excluding hydrogens is 436 g/mol. The number of nitrogens with zero attached hydrogens (tertiary/aromatic N) is 7. The fourth-order valence-corrected chi connectivity index (χ4v) is 5.61. The van der Waals surface area contributed by atoms with Crippen molar-refractivity contribution in [1.29, 1.82) is 0 Å². The molecule has 0 radical (unpaired) electrons. The Balaban J connectivity index is 1.06. The Kier molecular flexibility index (Phi) is 6.55. The van der Waals surface area contributed by atoms with E-state index in [9.17, 15) is 0 Å². The lowest BCUT2D eigenvalue weighted by Crippen LogP contribution is -2.47. The monoisotopic (exact) mass is 470 g/mol. The molecule has 35 heavy (non-hydrogen) atoms. The number of hydrogen-bond acceptors (Lipinski definition) is 8. The molecule has 0 bridgehead atoms. The van der Waals surface area contributed by atoms with Gasteiger partial charge in [-0.25, -0.2) is 19.9 Å². The zero-order valence-corrected chi connectivity index (χ0v) is 20.3. The molecule has 182 valence electrons. The van der Waals surface area contributed by atoms with Crippen LogP contribution in [0.25, 0.3) is 0 Å². The van der Waals surface area contributed by atoms with Gasteiger partial charge < -0.3 is 15.1 Å². The average molecular weight is 471 g/mol. The maximum Gasteiger partial charge on any atom is 0.225 e. The number of piperazine rings is 1. The second kappa shape index (κ2) is 10.3. The summed E-state index contributed by atoms with van der Waals surface area (Å²) in [5, 5.41) is 3.48. The van der Waals surface area contributed by atoms with Crippen molar-refractivity contribution in [3.8, 4) is 0 Å². The van der Waals surface area contributed by atoms with Crippen LogP contribution in [0.5, 0.6) is 0 Å². The highest BCUT2D eigenvalue weighted by atomic mass is 15.3. The van der Waals surface area contributed by atoms with Crippen molar-refractivity contribution < 1.29 is 0 Å². The lowest BCUT2D eigenvalue weighted by atomic mass is 9.98. The van der Waals surface area contributed by atoms with Crippen LogP contribution in [0.3, 0.4) is 0 Å². The van der Waals surface area contributed by atoms with Crippen LogP contribution in [0, 0.1) is 5.92 Å². The topological polar surface area (TPSA) is 73.3 Å². The number of hydrogen-bond donors (Lipinski definition) is 1.